The van der Waals surface area contributed by atoms with Gasteiger partial charge in [-0.3, -0.25) is 0 Å². The van der Waals surface area contributed by atoms with Crippen LogP contribution in [-0.4, -0.2) is 9.55 Å². The summed E-state index contributed by atoms with van der Waals surface area (Å²) in [7, 11) is 0. The van der Waals surface area contributed by atoms with E-state index in [1.54, 1.807) is 0 Å². The Bertz CT molecular complexity index is 326. The van der Waals surface area contributed by atoms with Gasteiger partial charge in [-0.2, -0.15) is 0 Å². The molecule has 2 unspecified atom stereocenters. The zero-order valence-electron chi connectivity index (χ0n) is 11.9. The van der Waals surface area contributed by atoms with Gasteiger partial charge in [-0.05, 0) is 18.8 Å². The first kappa shape index (κ1) is 14.2. The first-order chi connectivity index (χ1) is 8.02. The van der Waals surface area contributed by atoms with Gasteiger partial charge in [0.15, 0.2) is 0 Å². The Kier molecular flexibility index (Phi) is 5.19. The molecule has 1 rings (SSSR count). The molecule has 0 aliphatic heterocycles. The molecule has 3 nitrogen and oxygen atoms in total. The first-order valence-corrected chi connectivity index (χ1v) is 6.80. The Morgan fingerprint density at radius 1 is 1.24 bits per heavy atom. The van der Waals surface area contributed by atoms with E-state index in [2.05, 4.69) is 44.2 Å². The minimum absolute atomic E-state index is 0.0781. The largest absolute Gasteiger partial charge is 0.330 e. The molecule has 1 heterocycles. The summed E-state index contributed by atoms with van der Waals surface area (Å²) in [6.45, 7) is 11.1. The Labute approximate surface area is 105 Å². The van der Waals surface area contributed by atoms with E-state index in [0.29, 0.717) is 17.9 Å². The van der Waals surface area contributed by atoms with Gasteiger partial charge in [0.25, 0.3) is 0 Å². The SMILES string of the molecule is CCC(CC)C(C)n1cncc1C(N)C(C)C. The first-order valence-electron chi connectivity index (χ1n) is 6.80. The van der Waals surface area contributed by atoms with Crippen molar-refractivity contribution < 1.29 is 0 Å². The quantitative estimate of drug-likeness (QED) is 0.822. The monoisotopic (exact) mass is 237 g/mol. The summed E-state index contributed by atoms with van der Waals surface area (Å²) in [5.74, 6) is 1.14. The number of hydrogen-bond donors (Lipinski definition) is 1. The van der Waals surface area contributed by atoms with Crippen molar-refractivity contribution in [3.05, 3.63) is 18.2 Å². The van der Waals surface area contributed by atoms with E-state index in [-0.39, 0.29) is 6.04 Å². The van der Waals surface area contributed by atoms with Crippen LogP contribution in [0.25, 0.3) is 0 Å². The topological polar surface area (TPSA) is 43.8 Å². The Morgan fingerprint density at radius 2 is 1.82 bits per heavy atom. The van der Waals surface area contributed by atoms with Crippen LogP contribution in [0.4, 0.5) is 0 Å². The highest BCUT2D eigenvalue weighted by Crippen LogP contribution is 2.28. The van der Waals surface area contributed by atoms with Gasteiger partial charge < -0.3 is 10.3 Å². The van der Waals surface area contributed by atoms with E-state index in [9.17, 15) is 0 Å². The van der Waals surface area contributed by atoms with E-state index in [4.69, 9.17) is 5.73 Å². The van der Waals surface area contributed by atoms with Gasteiger partial charge >= 0.3 is 0 Å². The smallest absolute Gasteiger partial charge is 0.0951 e. The van der Waals surface area contributed by atoms with Gasteiger partial charge in [-0.1, -0.05) is 40.5 Å². The van der Waals surface area contributed by atoms with E-state index >= 15 is 0 Å². The van der Waals surface area contributed by atoms with Crippen molar-refractivity contribution in [2.45, 2.75) is 59.5 Å². The molecule has 0 aliphatic carbocycles. The summed E-state index contributed by atoms with van der Waals surface area (Å²) >= 11 is 0. The number of imidazole rings is 1. The zero-order valence-corrected chi connectivity index (χ0v) is 11.9. The molecule has 0 aliphatic rings. The van der Waals surface area contributed by atoms with E-state index in [1.165, 1.54) is 18.5 Å². The normalized spacial score (nSPS) is 15.5. The van der Waals surface area contributed by atoms with Crippen molar-refractivity contribution in [2.24, 2.45) is 17.6 Å². The van der Waals surface area contributed by atoms with Crippen molar-refractivity contribution in [3.8, 4) is 0 Å². The molecule has 98 valence electrons. The van der Waals surface area contributed by atoms with Gasteiger partial charge in [0.2, 0.25) is 0 Å². The summed E-state index contributed by atoms with van der Waals surface area (Å²) in [6, 6.07) is 0.557. The molecule has 1 aromatic rings. The van der Waals surface area contributed by atoms with Crippen LogP contribution in [0, 0.1) is 11.8 Å². The molecule has 0 bridgehead atoms. The summed E-state index contributed by atoms with van der Waals surface area (Å²) < 4.78 is 2.27. The van der Waals surface area contributed by atoms with E-state index in [0.717, 1.165) is 0 Å². The van der Waals surface area contributed by atoms with Crippen LogP contribution in [-0.2, 0) is 0 Å². The van der Waals surface area contributed by atoms with Crippen molar-refractivity contribution in [1.29, 1.82) is 0 Å². The van der Waals surface area contributed by atoms with Gasteiger partial charge in [0, 0.05) is 18.3 Å². The highest BCUT2D eigenvalue weighted by atomic mass is 15.1. The summed E-state index contributed by atoms with van der Waals surface area (Å²) in [4.78, 5) is 4.28. The summed E-state index contributed by atoms with van der Waals surface area (Å²) in [6.07, 6.45) is 6.25. The van der Waals surface area contributed by atoms with Crippen LogP contribution in [0.15, 0.2) is 12.5 Å². The zero-order chi connectivity index (χ0) is 13.0. The molecule has 17 heavy (non-hydrogen) atoms. The lowest BCUT2D eigenvalue weighted by molar-refractivity contribution is 0.317. The fourth-order valence-electron chi connectivity index (χ4n) is 2.45. The molecule has 0 aromatic carbocycles. The molecule has 0 spiro atoms. The lowest BCUT2D eigenvalue weighted by atomic mass is 9.94. The van der Waals surface area contributed by atoms with Gasteiger partial charge in [0.05, 0.1) is 12.0 Å². The van der Waals surface area contributed by atoms with Crippen LogP contribution < -0.4 is 5.73 Å². The van der Waals surface area contributed by atoms with Crippen LogP contribution in [0.1, 0.15) is 65.2 Å². The standard InChI is InChI=1S/C14H27N3/c1-6-12(7-2)11(5)17-9-16-8-13(17)14(15)10(3)4/h8-12,14H,6-7,15H2,1-5H3. The van der Waals surface area contributed by atoms with Gasteiger partial charge in [-0.25, -0.2) is 4.98 Å². The molecule has 3 heteroatoms. The number of aromatic nitrogens is 2. The van der Waals surface area contributed by atoms with Gasteiger partial charge in [-0.15, -0.1) is 0 Å². The maximum Gasteiger partial charge on any atom is 0.0951 e. The molecule has 1 aromatic heterocycles. The lowest BCUT2D eigenvalue weighted by Crippen LogP contribution is -2.24. The Hall–Kier alpha value is -0.830. The second-order valence-corrected chi connectivity index (χ2v) is 5.31. The molecule has 0 radical (unpaired) electrons. The maximum absolute atomic E-state index is 6.24. The second-order valence-electron chi connectivity index (χ2n) is 5.31. The number of rotatable bonds is 6. The van der Waals surface area contributed by atoms with Crippen LogP contribution in [0.5, 0.6) is 0 Å². The van der Waals surface area contributed by atoms with Crippen molar-refractivity contribution in [1.82, 2.24) is 9.55 Å². The minimum atomic E-state index is 0.0781. The molecule has 0 saturated heterocycles. The second kappa shape index (κ2) is 6.20. The Balaban J connectivity index is 2.95. The molecule has 2 N–H and O–H groups in total. The van der Waals surface area contributed by atoms with Gasteiger partial charge in [0.1, 0.15) is 0 Å². The number of hydrogen-bond acceptors (Lipinski definition) is 2. The predicted molar refractivity (Wildman–Crippen MR) is 72.8 cm³/mol. The third kappa shape index (κ3) is 3.09. The highest BCUT2D eigenvalue weighted by Gasteiger charge is 2.21. The average Bonchev–Trinajstić information content (AvgIpc) is 2.77. The fourth-order valence-corrected chi connectivity index (χ4v) is 2.45. The molecular formula is C14H27N3. The summed E-state index contributed by atoms with van der Waals surface area (Å²) in [5.41, 5.74) is 7.41. The molecule has 2 atom stereocenters. The third-order valence-corrected chi connectivity index (χ3v) is 3.93. The van der Waals surface area contributed by atoms with Crippen LogP contribution >= 0.6 is 0 Å². The fraction of sp³-hybridized carbons (Fsp3) is 0.786. The Morgan fingerprint density at radius 3 is 2.29 bits per heavy atom. The highest BCUT2D eigenvalue weighted by molar-refractivity contribution is 5.07. The van der Waals surface area contributed by atoms with Crippen LogP contribution in [0.2, 0.25) is 0 Å². The number of nitrogens with two attached hydrogens (primary N) is 1. The van der Waals surface area contributed by atoms with E-state index in [1.807, 2.05) is 12.5 Å². The van der Waals surface area contributed by atoms with Crippen molar-refractivity contribution in [2.75, 3.05) is 0 Å². The maximum atomic E-state index is 6.24. The minimum Gasteiger partial charge on any atom is -0.330 e. The average molecular weight is 237 g/mol. The molecular weight excluding hydrogens is 210 g/mol. The molecule has 0 fully saturated rings. The molecule has 0 amide bonds. The summed E-state index contributed by atoms with van der Waals surface area (Å²) in [5, 5.41) is 0. The van der Waals surface area contributed by atoms with E-state index < -0.39 is 0 Å². The lowest BCUT2D eigenvalue weighted by Gasteiger charge is -2.27. The van der Waals surface area contributed by atoms with Crippen molar-refractivity contribution in [3.63, 3.8) is 0 Å². The predicted octanol–water partition coefficient (Wildman–Crippen LogP) is 3.54. The molecule has 0 saturated carbocycles. The third-order valence-electron chi connectivity index (χ3n) is 3.93. The number of nitrogens with zero attached hydrogens (tertiary/aromatic N) is 2. The van der Waals surface area contributed by atoms with Crippen molar-refractivity contribution >= 4 is 0 Å². The van der Waals surface area contributed by atoms with Crippen LogP contribution in [0.3, 0.4) is 0 Å².